The highest BCUT2D eigenvalue weighted by Gasteiger charge is 2.06. The summed E-state index contributed by atoms with van der Waals surface area (Å²) >= 11 is 5.98. The first-order chi connectivity index (χ1) is 9.67. The summed E-state index contributed by atoms with van der Waals surface area (Å²) in [6.07, 6.45) is 1.86. The van der Waals surface area contributed by atoms with Gasteiger partial charge in [-0.1, -0.05) is 11.6 Å². The molecule has 7 nitrogen and oxygen atoms in total. The van der Waals surface area contributed by atoms with E-state index in [0.717, 1.165) is 6.54 Å². The fourth-order valence-corrected chi connectivity index (χ4v) is 1.57. The maximum Gasteiger partial charge on any atom is 0.224 e. The molecular weight excluding hydrogens is 282 g/mol. The Hall–Kier alpha value is -1.60. The number of anilines is 2. The second-order valence-corrected chi connectivity index (χ2v) is 4.35. The first kappa shape index (κ1) is 16.5. The molecule has 0 atom stereocenters. The molecule has 0 aliphatic rings. The summed E-state index contributed by atoms with van der Waals surface area (Å²) in [6.45, 7) is 4.14. The Morgan fingerprint density at radius 3 is 2.90 bits per heavy atom. The minimum absolute atomic E-state index is 0.0494. The Kier molecular flexibility index (Phi) is 7.67. The molecular formula is C12H20ClN5O2. The Morgan fingerprint density at radius 1 is 1.40 bits per heavy atom. The zero-order valence-electron chi connectivity index (χ0n) is 11.7. The molecule has 20 heavy (non-hydrogen) atoms. The van der Waals surface area contributed by atoms with E-state index in [1.165, 1.54) is 6.20 Å². The number of hydrogen-bond acceptors (Lipinski definition) is 6. The van der Waals surface area contributed by atoms with Crippen LogP contribution in [0.1, 0.15) is 13.3 Å². The van der Waals surface area contributed by atoms with Gasteiger partial charge in [0.2, 0.25) is 11.9 Å². The molecule has 1 amide bonds. The van der Waals surface area contributed by atoms with Crippen LogP contribution in [-0.2, 0) is 9.53 Å². The number of ether oxygens (including phenoxy) is 1. The van der Waals surface area contributed by atoms with Crippen molar-refractivity contribution in [3.63, 3.8) is 0 Å². The molecule has 0 bridgehead atoms. The lowest BCUT2D eigenvalue weighted by Gasteiger charge is -2.09. The number of carbonyl (C=O) groups is 1. The topological polar surface area (TPSA) is 88.2 Å². The molecule has 1 rings (SSSR count). The molecule has 0 fully saturated rings. The van der Waals surface area contributed by atoms with Crippen molar-refractivity contribution < 1.29 is 9.53 Å². The van der Waals surface area contributed by atoms with Gasteiger partial charge in [-0.2, -0.15) is 4.98 Å². The van der Waals surface area contributed by atoms with Gasteiger partial charge in [-0.25, -0.2) is 4.98 Å². The molecule has 8 heteroatoms. The van der Waals surface area contributed by atoms with Crippen LogP contribution < -0.4 is 16.0 Å². The van der Waals surface area contributed by atoms with Gasteiger partial charge in [-0.15, -0.1) is 0 Å². The lowest BCUT2D eigenvalue weighted by atomic mass is 10.4. The van der Waals surface area contributed by atoms with Gasteiger partial charge in [0.05, 0.1) is 12.8 Å². The van der Waals surface area contributed by atoms with Gasteiger partial charge in [0.15, 0.2) is 0 Å². The van der Waals surface area contributed by atoms with Gasteiger partial charge in [0.1, 0.15) is 10.8 Å². The van der Waals surface area contributed by atoms with E-state index in [-0.39, 0.29) is 5.91 Å². The number of aromatic nitrogens is 2. The maximum atomic E-state index is 11.5. The Bertz CT molecular complexity index is 430. The molecule has 0 radical (unpaired) electrons. The van der Waals surface area contributed by atoms with E-state index in [4.69, 9.17) is 16.3 Å². The number of rotatable bonds is 9. The van der Waals surface area contributed by atoms with Crippen LogP contribution in [0.25, 0.3) is 0 Å². The first-order valence-corrected chi connectivity index (χ1v) is 6.81. The minimum Gasteiger partial charge on any atom is -0.383 e. The summed E-state index contributed by atoms with van der Waals surface area (Å²) in [6, 6.07) is 0. The number of hydrogen-bond donors (Lipinski definition) is 3. The van der Waals surface area contributed by atoms with Gasteiger partial charge >= 0.3 is 0 Å². The van der Waals surface area contributed by atoms with Gasteiger partial charge in [-0.05, 0) is 6.92 Å². The van der Waals surface area contributed by atoms with Crippen molar-refractivity contribution in [1.82, 2.24) is 15.3 Å². The third-order valence-electron chi connectivity index (χ3n) is 2.35. The van der Waals surface area contributed by atoms with Crippen molar-refractivity contribution in [2.75, 3.05) is 44.0 Å². The van der Waals surface area contributed by atoms with Crippen LogP contribution in [0.5, 0.6) is 0 Å². The summed E-state index contributed by atoms with van der Waals surface area (Å²) in [5.74, 6) is 0.970. The molecule has 1 heterocycles. The molecule has 1 aromatic rings. The average molecular weight is 302 g/mol. The number of nitrogens with zero attached hydrogens (tertiary/aromatic N) is 2. The van der Waals surface area contributed by atoms with Crippen LogP contribution in [0.3, 0.4) is 0 Å². The first-order valence-electron chi connectivity index (χ1n) is 6.43. The van der Waals surface area contributed by atoms with Gasteiger partial charge in [0.25, 0.3) is 0 Å². The summed E-state index contributed by atoms with van der Waals surface area (Å²) in [5, 5.41) is 9.17. The van der Waals surface area contributed by atoms with Crippen LogP contribution in [0.2, 0.25) is 5.02 Å². The number of amides is 1. The highest BCUT2D eigenvalue weighted by Crippen LogP contribution is 2.19. The third kappa shape index (κ3) is 6.03. The lowest BCUT2D eigenvalue weighted by molar-refractivity contribution is -0.121. The van der Waals surface area contributed by atoms with Crippen LogP contribution in [0, 0.1) is 0 Å². The van der Waals surface area contributed by atoms with Crippen LogP contribution in [-0.4, -0.2) is 49.2 Å². The van der Waals surface area contributed by atoms with E-state index < -0.39 is 0 Å². The number of halogens is 1. The Labute approximate surface area is 123 Å². The highest BCUT2D eigenvalue weighted by atomic mass is 35.5. The van der Waals surface area contributed by atoms with Crippen LogP contribution in [0.4, 0.5) is 11.8 Å². The smallest absolute Gasteiger partial charge is 0.224 e. The maximum absolute atomic E-state index is 11.5. The molecule has 0 aliphatic heterocycles. The quantitative estimate of drug-likeness (QED) is 0.593. The van der Waals surface area contributed by atoms with Crippen LogP contribution in [0.15, 0.2) is 6.20 Å². The van der Waals surface area contributed by atoms with Crippen LogP contribution >= 0.6 is 11.6 Å². The number of nitrogens with one attached hydrogen (secondary N) is 3. The SMILES string of the molecule is CCNc1ncc(Cl)c(NCCC(=O)NCCOC)n1. The average Bonchev–Trinajstić information content (AvgIpc) is 2.43. The van der Waals surface area contributed by atoms with Crippen molar-refractivity contribution in [2.45, 2.75) is 13.3 Å². The fourth-order valence-electron chi connectivity index (χ4n) is 1.41. The molecule has 0 aliphatic carbocycles. The second-order valence-electron chi connectivity index (χ2n) is 3.94. The monoisotopic (exact) mass is 301 g/mol. The lowest BCUT2D eigenvalue weighted by Crippen LogP contribution is -2.28. The van der Waals surface area contributed by atoms with E-state index in [1.54, 1.807) is 7.11 Å². The van der Waals surface area contributed by atoms with Crippen molar-refractivity contribution in [2.24, 2.45) is 0 Å². The zero-order valence-corrected chi connectivity index (χ0v) is 12.5. The summed E-state index contributed by atoms with van der Waals surface area (Å²) in [7, 11) is 1.59. The van der Waals surface area contributed by atoms with Crippen molar-refractivity contribution in [3.8, 4) is 0 Å². The Balaban J connectivity index is 2.37. The zero-order chi connectivity index (χ0) is 14.8. The molecule has 112 valence electrons. The van der Waals surface area contributed by atoms with E-state index in [1.807, 2.05) is 6.92 Å². The molecule has 3 N–H and O–H groups in total. The molecule has 1 aromatic heterocycles. The predicted octanol–water partition coefficient (Wildman–Crippen LogP) is 1.13. The molecule has 0 aromatic carbocycles. The second kappa shape index (κ2) is 9.33. The molecule has 0 saturated carbocycles. The van der Waals surface area contributed by atoms with Gasteiger partial charge in [0, 0.05) is 33.2 Å². The largest absolute Gasteiger partial charge is 0.383 e. The number of carbonyl (C=O) groups excluding carboxylic acids is 1. The van der Waals surface area contributed by atoms with E-state index >= 15 is 0 Å². The minimum atomic E-state index is -0.0494. The summed E-state index contributed by atoms with van der Waals surface area (Å²) in [5.41, 5.74) is 0. The molecule has 0 saturated heterocycles. The Morgan fingerprint density at radius 2 is 2.20 bits per heavy atom. The standard InChI is InChI=1S/C12H20ClN5O2/c1-3-14-12-17-8-9(13)11(18-12)16-5-4-10(19)15-6-7-20-2/h8H,3-7H2,1-2H3,(H,15,19)(H2,14,16,17,18). The van der Waals surface area contributed by atoms with Crippen molar-refractivity contribution in [1.29, 1.82) is 0 Å². The van der Waals surface area contributed by atoms with E-state index in [2.05, 4.69) is 25.9 Å². The third-order valence-corrected chi connectivity index (χ3v) is 2.63. The van der Waals surface area contributed by atoms with Gasteiger partial charge < -0.3 is 20.7 Å². The molecule has 0 spiro atoms. The highest BCUT2D eigenvalue weighted by molar-refractivity contribution is 6.32. The molecule has 0 unspecified atom stereocenters. The number of methoxy groups -OCH3 is 1. The fraction of sp³-hybridized carbons (Fsp3) is 0.583. The van der Waals surface area contributed by atoms with E-state index in [0.29, 0.717) is 42.9 Å². The summed E-state index contributed by atoms with van der Waals surface area (Å²) < 4.78 is 4.85. The van der Waals surface area contributed by atoms with E-state index in [9.17, 15) is 4.79 Å². The summed E-state index contributed by atoms with van der Waals surface area (Å²) in [4.78, 5) is 19.7. The predicted molar refractivity (Wildman–Crippen MR) is 79.2 cm³/mol. The van der Waals surface area contributed by atoms with Crippen molar-refractivity contribution in [3.05, 3.63) is 11.2 Å². The van der Waals surface area contributed by atoms with Gasteiger partial charge in [-0.3, -0.25) is 4.79 Å². The normalized spacial score (nSPS) is 10.2. The van der Waals surface area contributed by atoms with Crippen molar-refractivity contribution >= 4 is 29.3 Å².